The Bertz CT molecular complexity index is 460. The van der Waals surface area contributed by atoms with Crippen LogP contribution in [0.1, 0.15) is 33.1 Å². The van der Waals surface area contributed by atoms with Crippen molar-refractivity contribution in [3.63, 3.8) is 0 Å². The minimum absolute atomic E-state index is 0.0619. The van der Waals surface area contributed by atoms with Crippen molar-refractivity contribution in [1.29, 1.82) is 0 Å². The van der Waals surface area contributed by atoms with Crippen LogP contribution in [0.3, 0.4) is 0 Å². The van der Waals surface area contributed by atoms with Gasteiger partial charge in [-0.25, -0.2) is 4.79 Å². The molecule has 2 rings (SSSR count). The van der Waals surface area contributed by atoms with Gasteiger partial charge in [0.05, 0.1) is 6.10 Å². The molecule has 0 radical (unpaired) electrons. The van der Waals surface area contributed by atoms with Gasteiger partial charge in [-0.1, -0.05) is 13.8 Å². The number of allylic oxidation sites excluding steroid dienone is 2. The van der Waals surface area contributed by atoms with E-state index >= 15 is 0 Å². The Balaban J connectivity index is 2.52. The van der Waals surface area contributed by atoms with E-state index in [1.54, 1.807) is 6.08 Å². The SMILES string of the molecule is CC1CCC2(C)C(=CC(=O)CC2O)C=C1C(=O)O. The summed E-state index contributed by atoms with van der Waals surface area (Å²) in [6.45, 7) is 3.78. The summed E-state index contributed by atoms with van der Waals surface area (Å²) >= 11 is 0. The minimum Gasteiger partial charge on any atom is -0.478 e. The van der Waals surface area contributed by atoms with Gasteiger partial charge in [-0.15, -0.1) is 0 Å². The molecule has 2 aliphatic carbocycles. The Kier molecular flexibility index (Phi) is 3.15. The van der Waals surface area contributed by atoms with E-state index in [4.69, 9.17) is 0 Å². The zero-order valence-corrected chi connectivity index (χ0v) is 10.6. The summed E-state index contributed by atoms with van der Waals surface area (Å²) in [6.07, 6.45) is 3.89. The number of hydrogen-bond donors (Lipinski definition) is 2. The van der Waals surface area contributed by atoms with Gasteiger partial charge in [0.2, 0.25) is 0 Å². The monoisotopic (exact) mass is 250 g/mol. The van der Waals surface area contributed by atoms with Gasteiger partial charge >= 0.3 is 5.97 Å². The molecule has 0 saturated heterocycles. The van der Waals surface area contributed by atoms with Crippen LogP contribution in [0.15, 0.2) is 23.3 Å². The molecule has 18 heavy (non-hydrogen) atoms. The number of ketones is 1. The lowest BCUT2D eigenvalue weighted by atomic mass is 9.69. The van der Waals surface area contributed by atoms with Crippen LogP contribution in [-0.4, -0.2) is 28.1 Å². The number of rotatable bonds is 1. The second-order valence-electron chi connectivity index (χ2n) is 5.55. The second kappa shape index (κ2) is 4.35. The van der Waals surface area contributed by atoms with Crippen molar-refractivity contribution in [3.8, 4) is 0 Å². The maximum absolute atomic E-state index is 11.5. The number of aliphatic carboxylic acids is 1. The first-order valence-electron chi connectivity index (χ1n) is 6.22. The number of hydrogen-bond acceptors (Lipinski definition) is 3. The van der Waals surface area contributed by atoms with Crippen LogP contribution in [0.2, 0.25) is 0 Å². The molecule has 3 atom stereocenters. The van der Waals surface area contributed by atoms with Crippen molar-refractivity contribution in [2.24, 2.45) is 11.3 Å². The molecule has 0 saturated carbocycles. The van der Waals surface area contributed by atoms with E-state index in [-0.39, 0.29) is 18.1 Å². The van der Waals surface area contributed by atoms with E-state index in [9.17, 15) is 19.8 Å². The maximum atomic E-state index is 11.5. The molecule has 0 heterocycles. The van der Waals surface area contributed by atoms with Crippen LogP contribution in [0.4, 0.5) is 0 Å². The second-order valence-corrected chi connectivity index (χ2v) is 5.55. The number of fused-ring (bicyclic) bond motifs is 1. The van der Waals surface area contributed by atoms with Gasteiger partial charge in [-0.05, 0) is 36.5 Å². The van der Waals surface area contributed by atoms with Gasteiger partial charge in [-0.2, -0.15) is 0 Å². The third kappa shape index (κ3) is 2.01. The van der Waals surface area contributed by atoms with Crippen LogP contribution in [-0.2, 0) is 9.59 Å². The summed E-state index contributed by atoms with van der Waals surface area (Å²) in [6, 6.07) is 0. The highest BCUT2D eigenvalue weighted by Gasteiger charge is 2.42. The fourth-order valence-electron chi connectivity index (χ4n) is 2.78. The molecule has 4 heteroatoms. The summed E-state index contributed by atoms with van der Waals surface area (Å²) < 4.78 is 0. The lowest BCUT2D eigenvalue weighted by molar-refractivity contribution is -0.133. The van der Waals surface area contributed by atoms with Crippen molar-refractivity contribution in [3.05, 3.63) is 23.3 Å². The van der Waals surface area contributed by atoms with Gasteiger partial charge < -0.3 is 10.2 Å². The van der Waals surface area contributed by atoms with Gasteiger partial charge in [0, 0.05) is 17.4 Å². The van der Waals surface area contributed by atoms with Crippen LogP contribution in [0, 0.1) is 11.3 Å². The van der Waals surface area contributed by atoms with Gasteiger partial charge in [0.1, 0.15) is 0 Å². The molecule has 2 aliphatic rings. The average molecular weight is 250 g/mol. The van der Waals surface area contributed by atoms with E-state index in [2.05, 4.69) is 0 Å². The first-order chi connectivity index (χ1) is 8.34. The van der Waals surface area contributed by atoms with Gasteiger partial charge in [0.25, 0.3) is 0 Å². The fraction of sp³-hybridized carbons (Fsp3) is 0.571. The topological polar surface area (TPSA) is 74.6 Å². The van der Waals surface area contributed by atoms with Gasteiger partial charge in [-0.3, -0.25) is 4.79 Å². The summed E-state index contributed by atoms with van der Waals surface area (Å²) in [7, 11) is 0. The molecule has 0 aromatic heterocycles. The Morgan fingerprint density at radius 2 is 2.11 bits per heavy atom. The van der Waals surface area contributed by atoms with E-state index in [0.717, 1.165) is 0 Å². The van der Waals surface area contributed by atoms with Gasteiger partial charge in [0.15, 0.2) is 5.78 Å². The predicted molar refractivity (Wildman–Crippen MR) is 65.9 cm³/mol. The highest BCUT2D eigenvalue weighted by molar-refractivity contribution is 5.94. The molecule has 98 valence electrons. The number of carbonyl (C=O) groups is 2. The number of carbonyl (C=O) groups excluding carboxylic acids is 1. The molecule has 0 aromatic rings. The van der Waals surface area contributed by atoms with E-state index in [1.165, 1.54) is 6.08 Å². The van der Waals surface area contributed by atoms with E-state index in [1.807, 2.05) is 13.8 Å². The number of carboxylic acids is 1. The number of aliphatic hydroxyl groups excluding tert-OH is 1. The van der Waals surface area contributed by atoms with Crippen LogP contribution < -0.4 is 0 Å². The Morgan fingerprint density at radius 1 is 1.44 bits per heavy atom. The molecular weight excluding hydrogens is 232 g/mol. The molecule has 0 aromatic carbocycles. The normalized spacial score (nSPS) is 36.3. The lowest BCUT2D eigenvalue weighted by Crippen LogP contribution is -2.38. The first-order valence-corrected chi connectivity index (χ1v) is 6.22. The van der Waals surface area contributed by atoms with Crippen molar-refractivity contribution in [2.75, 3.05) is 0 Å². The first kappa shape index (κ1) is 13.0. The quantitative estimate of drug-likeness (QED) is 0.742. The largest absolute Gasteiger partial charge is 0.478 e. The third-order valence-electron chi connectivity index (χ3n) is 4.29. The fourth-order valence-corrected chi connectivity index (χ4v) is 2.78. The van der Waals surface area contributed by atoms with Crippen LogP contribution >= 0.6 is 0 Å². The van der Waals surface area contributed by atoms with Crippen LogP contribution in [0.25, 0.3) is 0 Å². The summed E-state index contributed by atoms with van der Waals surface area (Å²) in [4.78, 5) is 22.7. The molecule has 4 nitrogen and oxygen atoms in total. The highest BCUT2D eigenvalue weighted by atomic mass is 16.4. The third-order valence-corrected chi connectivity index (χ3v) is 4.29. The zero-order chi connectivity index (χ0) is 13.5. The number of carboxylic acid groups (broad SMARTS) is 1. The van der Waals surface area contributed by atoms with Crippen molar-refractivity contribution in [2.45, 2.75) is 39.2 Å². The smallest absolute Gasteiger partial charge is 0.331 e. The highest BCUT2D eigenvalue weighted by Crippen LogP contribution is 2.45. The molecule has 0 spiro atoms. The molecule has 3 unspecified atom stereocenters. The summed E-state index contributed by atoms with van der Waals surface area (Å²) in [5.74, 6) is -1.14. The standard InChI is InChI=1S/C14H18O4/c1-8-3-4-14(2)9(6-11(8)13(17)18)5-10(15)7-12(14)16/h5-6,8,12,16H,3-4,7H2,1-2H3,(H,17,18). The molecule has 0 aliphatic heterocycles. The Hall–Kier alpha value is -1.42. The van der Waals surface area contributed by atoms with Crippen molar-refractivity contribution >= 4 is 11.8 Å². The molecule has 0 bridgehead atoms. The Morgan fingerprint density at radius 3 is 2.72 bits per heavy atom. The molecule has 0 fully saturated rings. The summed E-state index contributed by atoms with van der Waals surface area (Å²) in [5.41, 5.74) is 0.485. The predicted octanol–water partition coefficient (Wildman–Crippen LogP) is 1.69. The van der Waals surface area contributed by atoms with E-state index in [0.29, 0.717) is 24.0 Å². The maximum Gasteiger partial charge on any atom is 0.331 e. The summed E-state index contributed by atoms with van der Waals surface area (Å²) in [5, 5.41) is 19.3. The minimum atomic E-state index is -0.944. The van der Waals surface area contributed by atoms with Crippen molar-refractivity contribution in [1.82, 2.24) is 0 Å². The molecule has 2 N–H and O–H groups in total. The number of aliphatic hydroxyl groups is 1. The zero-order valence-electron chi connectivity index (χ0n) is 10.6. The van der Waals surface area contributed by atoms with Crippen molar-refractivity contribution < 1.29 is 19.8 Å². The molecular formula is C14H18O4. The Labute approximate surface area is 106 Å². The average Bonchev–Trinajstić information content (AvgIpc) is 2.40. The lowest BCUT2D eigenvalue weighted by Gasteiger charge is -2.37. The van der Waals surface area contributed by atoms with E-state index < -0.39 is 17.5 Å². The molecule has 0 amide bonds. The van der Waals surface area contributed by atoms with Crippen LogP contribution in [0.5, 0.6) is 0 Å².